The van der Waals surface area contributed by atoms with Gasteiger partial charge in [0.05, 0.1) is 10.3 Å². The molecule has 1 fully saturated rings. The molecule has 0 aromatic heterocycles. The fourth-order valence-electron chi connectivity index (χ4n) is 2.67. The monoisotopic (exact) mass is 293 g/mol. The first-order valence-corrected chi connectivity index (χ1v) is 6.62. The summed E-state index contributed by atoms with van der Waals surface area (Å²) in [5.74, 6) is 5.10. The quantitative estimate of drug-likeness (QED) is 0.414. The van der Waals surface area contributed by atoms with Gasteiger partial charge in [0.1, 0.15) is 5.69 Å². The number of anilines is 1. The number of hydrogen-bond donors (Lipinski definition) is 3. The van der Waals surface area contributed by atoms with Crippen LogP contribution in [0.15, 0.2) is 18.2 Å². The summed E-state index contributed by atoms with van der Waals surface area (Å²) >= 11 is 0. The third-order valence-electron chi connectivity index (χ3n) is 4.01. The van der Waals surface area contributed by atoms with Crippen LogP contribution in [0.25, 0.3) is 0 Å². The molecule has 114 valence electrons. The van der Waals surface area contributed by atoms with Crippen molar-refractivity contribution in [3.8, 4) is 0 Å². The van der Waals surface area contributed by atoms with E-state index in [-0.39, 0.29) is 11.6 Å². The normalized spacial score (nSPS) is 22.2. The second-order valence-corrected chi connectivity index (χ2v) is 5.60. The van der Waals surface area contributed by atoms with E-state index in [2.05, 4.69) is 5.43 Å². The minimum atomic E-state index is -0.545. The van der Waals surface area contributed by atoms with Crippen LogP contribution in [0.2, 0.25) is 0 Å². The highest BCUT2D eigenvalue weighted by atomic mass is 16.6. The van der Waals surface area contributed by atoms with E-state index in [1.807, 2.05) is 11.8 Å². The van der Waals surface area contributed by atoms with Crippen LogP contribution < -0.4 is 17.0 Å². The lowest BCUT2D eigenvalue weighted by atomic mass is 9.89. The van der Waals surface area contributed by atoms with Gasteiger partial charge in [-0.15, -0.1) is 0 Å². The third-order valence-corrected chi connectivity index (χ3v) is 4.01. The number of nitrogens with zero attached hydrogens (tertiary/aromatic N) is 2. The number of carbonyl (C=O) groups excluding carboxylic acids is 1. The van der Waals surface area contributed by atoms with E-state index < -0.39 is 10.3 Å². The van der Waals surface area contributed by atoms with Gasteiger partial charge in [-0.25, -0.2) is 0 Å². The van der Waals surface area contributed by atoms with Gasteiger partial charge in [0.2, 0.25) is 5.91 Å². The SMILES string of the molecule is CC1(C(N)=O)CCN(Cc2cccc([N+](=O)[O-])c2NN)C1. The summed E-state index contributed by atoms with van der Waals surface area (Å²) in [6.45, 7) is 3.57. The number of benzene rings is 1. The molecule has 1 aliphatic rings. The summed E-state index contributed by atoms with van der Waals surface area (Å²) in [5.41, 5.74) is 8.24. The number of likely N-dealkylation sites (tertiary alicyclic amines) is 1. The first-order valence-electron chi connectivity index (χ1n) is 6.62. The van der Waals surface area contributed by atoms with Crippen LogP contribution in [0, 0.1) is 15.5 Å². The van der Waals surface area contributed by atoms with Crippen LogP contribution in [-0.2, 0) is 11.3 Å². The zero-order valence-corrected chi connectivity index (χ0v) is 11.8. The molecule has 2 rings (SSSR count). The molecule has 0 radical (unpaired) electrons. The van der Waals surface area contributed by atoms with Gasteiger partial charge in [0, 0.05) is 19.2 Å². The van der Waals surface area contributed by atoms with Crippen LogP contribution in [0.4, 0.5) is 11.4 Å². The van der Waals surface area contributed by atoms with Crippen molar-refractivity contribution in [3.63, 3.8) is 0 Å². The molecule has 0 spiro atoms. The minimum Gasteiger partial charge on any atom is -0.369 e. The number of para-hydroxylation sites is 1. The number of hydrogen-bond acceptors (Lipinski definition) is 6. The Kier molecular flexibility index (Phi) is 4.10. The minimum absolute atomic E-state index is 0.0631. The van der Waals surface area contributed by atoms with Crippen molar-refractivity contribution in [2.45, 2.75) is 19.9 Å². The van der Waals surface area contributed by atoms with Gasteiger partial charge in [0.25, 0.3) is 5.69 Å². The van der Waals surface area contributed by atoms with Crippen molar-refractivity contribution in [2.24, 2.45) is 17.0 Å². The van der Waals surface area contributed by atoms with E-state index >= 15 is 0 Å². The highest BCUT2D eigenvalue weighted by Gasteiger charge is 2.38. The molecule has 1 amide bonds. The lowest BCUT2D eigenvalue weighted by Crippen LogP contribution is -2.37. The maximum atomic E-state index is 11.5. The molecule has 8 heteroatoms. The van der Waals surface area contributed by atoms with Crippen LogP contribution in [0.3, 0.4) is 0 Å². The third kappa shape index (κ3) is 2.96. The Morgan fingerprint density at radius 3 is 2.81 bits per heavy atom. The molecule has 1 atom stereocenters. The van der Waals surface area contributed by atoms with Crippen LogP contribution >= 0.6 is 0 Å². The molecule has 0 bridgehead atoms. The van der Waals surface area contributed by atoms with Gasteiger partial charge in [0.15, 0.2) is 0 Å². The maximum absolute atomic E-state index is 11.5. The van der Waals surface area contributed by atoms with E-state index in [4.69, 9.17) is 11.6 Å². The van der Waals surface area contributed by atoms with Crippen molar-refractivity contribution in [1.29, 1.82) is 0 Å². The van der Waals surface area contributed by atoms with Crippen molar-refractivity contribution in [1.82, 2.24) is 4.90 Å². The number of primary amides is 1. The average molecular weight is 293 g/mol. The summed E-state index contributed by atoms with van der Waals surface area (Å²) < 4.78 is 0. The average Bonchev–Trinajstić information content (AvgIpc) is 2.81. The predicted molar refractivity (Wildman–Crippen MR) is 78.1 cm³/mol. The van der Waals surface area contributed by atoms with Gasteiger partial charge < -0.3 is 11.2 Å². The number of nitro groups is 1. The molecule has 1 aromatic carbocycles. The molecule has 0 saturated carbocycles. The van der Waals surface area contributed by atoms with E-state index in [1.165, 1.54) is 6.07 Å². The summed E-state index contributed by atoms with van der Waals surface area (Å²) in [7, 11) is 0. The zero-order chi connectivity index (χ0) is 15.6. The molecule has 1 aliphatic heterocycles. The Bertz CT molecular complexity index is 577. The topological polar surface area (TPSA) is 128 Å². The van der Waals surface area contributed by atoms with Gasteiger partial charge in [-0.05, 0) is 25.5 Å². The first kappa shape index (κ1) is 15.2. The van der Waals surface area contributed by atoms with Crippen molar-refractivity contribution < 1.29 is 9.72 Å². The fraction of sp³-hybridized carbons (Fsp3) is 0.462. The second kappa shape index (κ2) is 5.66. The number of rotatable bonds is 5. The van der Waals surface area contributed by atoms with Gasteiger partial charge in [-0.2, -0.15) is 0 Å². The zero-order valence-electron chi connectivity index (χ0n) is 11.8. The van der Waals surface area contributed by atoms with E-state index in [9.17, 15) is 14.9 Å². The maximum Gasteiger partial charge on any atom is 0.293 e. The molecule has 1 saturated heterocycles. The van der Waals surface area contributed by atoms with E-state index in [0.717, 1.165) is 5.56 Å². The molecule has 5 N–H and O–H groups in total. The lowest BCUT2D eigenvalue weighted by molar-refractivity contribution is -0.384. The number of nitro benzene ring substituents is 1. The number of nitrogens with one attached hydrogen (secondary N) is 1. The van der Waals surface area contributed by atoms with Crippen LogP contribution in [0.5, 0.6) is 0 Å². The summed E-state index contributed by atoms with van der Waals surface area (Å²) in [6, 6.07) is 4.80. The highest BCUT2D eigenvalue weighted by molar-refractivity contribution is 5.81. The smallest absolute Gasteiger partial charge is 0.293 e. The Balaban J connectivity index is 2.20. The molecule has 1 unspecified atom stereocenters. The molecule has 1 aromatic rings. The number of carbonyl (C=O) groups is 1. The largest absolute Gasteiger partial charge is 0.369 e. The van der Waals surface area contributed by atoms with E-state index in [0.29, 0.717) is 31.7 Å². The molecular formula is C13H19N5O3. The Morgan fingerprint density at radius 2 is 2.29 bits per heavy atom. The number of hydrazine groups is 1. The number of nitrogens with two attached hydrogens (primary N) is 2. The van der Waals surface area contributed by atoms with E-state index in [1.54, 1.807) is 12.1 Å². The standard InChI is InChI=1S/C13H19N5O3/c1-13(12(14)19)5-6-17(8-13)7-9-3-2-4-10(18(20)21)11(9)16-15/h2-4,16H,5-8,15H2,1H3,(H2,14,19). The molecule has 8 nitrogen and oxygen atoms in total. The van der Waals surface area contributed by atoms with Gasteiger partial charge >= 0.3 is 0 Å². The second-order valence-electron chi connectivity index (χ2n) is 5.60. The molecular weight excluding hydrogens is 274 g/mol. The predicted octanol–water partition coefficient (Wildman–Crippen LogP) is 0.578. The number of nitrogen functional groups attached to an aromatic ring is 1. The Hall–Kier alpha value is -2.19. The number of amides is 1. The van der Waals surface area contributed by atoms with Crippen molar-refractivity contribution in [2.75, 3.05) is 18.5 Å². The Morgan fingerprint density at radius 1 is 1.57 bits per heavy atom. The van der Waals surface area contributed by atoms with Gasteiger partial charge in [-0.3, -0.25) is 25.7 Å². The lowest BCUT2D eigenvalue weighted by Gasteiger charge is -2.21. The van der Waals surface area contributed by atoms with Crippen LogP contribution in [-0.4, -0.2) is 28.8 Å². The van der Waals surface area contributed by atoms with Crippen molar-refractivity contribution in [3.05, 3.63) is 33.9 Å². The summed E-state index contributed by atoms with van der Waals surface area (Å²) in [5, 5.41) is 11.0. The molecule has 21 heavy (non-hydrogen) atoms. The van der Waals surface area contributed by atoms with Crippen molar-refractivity contribution >= 4 is 17.3 Å². The molecule has 1 heterocycles. The van der Waals surface area contributed by atoms with Gasteiger partial charge in [-0.1, -0.05) is 12.1 Å². The summed E-state index contributed by atoms with van der Waals surface area (Å²) in [4.78, 5) is 24.0. The fourth-order valence-corrected chi connectivity index (χ4v) is 2.67. The Labute approximate surface area is 122 Å². The molecule has 0 aliphatic carbocycles. The highest BCUT2D eigenvalue weighted by Crippen LogP contribution is 2.33. The first-order chi connectivity index (χ1) is 9.87. The van der Waals surface area contributed by atoms with Crippen LogP contribution in [0.1, 0.15) is 18.9 Å². The summed E-state index contributed by atoms with van der Waals surface area (Å²) in [6.07, 6.45) is 0.683.